The predicted octanol–water partition coefficient (Wildman–Crippen LogP) is -0.161. The molecule has 2 rings (SSSR count). The Labute approximate surface area is 76.2 Å². The van der Waals surface area contributed by atoms with Gasteiger partial charge in [0, 0.05) is 6.42 Å². The number of aliphatic hydroxyl groups is 2. The normalized spacial score (nSPS) is 39.1. The van der Waals surface area contributed by atoms with Gasteiger partial charge in [0.25, 0.3) is 0 Å². The van der Waals surface area contributed by atoms with Crippen LogP contribution in [0, 0.1) is 17.8 Å². The lowest BCUT2D eigenvalue weighted by Crippen LogP contribution is -2.24. The molecule has 0 bridgehead atoms. The number of fused-ring (bicyclic) bond motifs is 1. The molecule has 2 saturated carbocycles. The largest absolute Gasteiger partial charge is 0.481 e. The first-order chi connectivity index (χ1) is 6.09. The molecular formula is C9H14O4. The lowest BCUT2D eigenvalue weighted by atomic mass is 10.00. The summed E-state index contributed by atoms with van der Waals surface area (Å²) < 4.78 is 0. The zero-order chi connectivity index (χ0) is 9.59. The van der Waals surface area contributed by atoms with E-state index in [9.17, 15) is 15.0 Å². The van der Waals surface area contributed by atoms with Crippen molar-refractivity contribution < 1.29 is 20.1 Å². The highest BCUT2D eigenvalue weighted by molar-refractivity contribution is 5.67. The van der Waals surface area contributed by atoms with Crippen molar-refractivity contribution in [1.29, 1.82) is 0 Å². The van der Waals surface area contributed by atoms with Crippen molar-refractivity contribution in [3.05, 3.63) is 0 Å². The summed E-state index contributed by atoms with van der Waals surface area (Å²) in [6.45, 7) is 0. The first kappa shape index (κ1) is 8.97. The summed E-state index contributed by atoms with van der Waals surface area (Å²) in [5.41, 5.74) is 0. The van der Waals surface area contributed by atoms with Gasteiger partial charge in [-0.1, -0.05) is 0 Å². The molecular weight excluding hydrogens is 172 g/mol. The highest BCUT2D eigenvalue weighted by Crippen LogP contribution is 2.69. The second kappa shape index (κ2) is 2.96. The van der Waals surface area contributed by atoms with E-state index in [2.05, 4.69) is 0 Å². The predicted molar refractivity (Wildman–Crippen MR) is 44.0 cm³/mol. The van der Waals surface area contributed by atoms with E-state index in [1.807, 2.05) is 0 Å². The van der Waals surface area contributed by atoms with Crippen molar-refractivity contribution in [2.75, 3.05) is 0 Å². The number of carboxylic acid groups (broad SMARTS) is 1. The average Bonchev–Trinajstić information content (AvgIpc) is 2.66. The Hall–Kier alpha value is -0.610. The maximum absolute atomic E-state index is 10.2. The van der Waals surface area contributed by atoms with Gasteiger partial charge in [0.15, 0.2) is 0 Å². The minimum absolute atomic E-state index is 0.212. The number of hydrogen-bond donors (Lipinski definition) is 3. The monoisotopic (exact) mass is 186 g/mol. The molecule has 4 heteroatoms. The summed E-state index contributed by atoms with van der Waals surface area (Å²) in [6.07, 6.45) is -0.217. The van der Waals surface area contributed by atoms with Crippen LogP contribution in [-0.2, 0) is 4.79 Å². The highest BCUT2D eigenvalue weighted by Gasteiger charge is 2.66. The Kier molecular flexibility index (Phi) is 2.04. The molecule has 4 nitrogen and oxygen atoms in total. The van der Waals surface area contributed by atoms with Gasteiger partial charge in [0.05, 0.1) is 18.6 Å². The molecule has 0 radical (unpaired) electrons. The minimum Gasteiger partial charge on any atom is -0.481 e. The molecule has 0 aromatic carbocycles. The molecule has 4 atom stereocenters. The molecule has 0 saturated heterocycles. The van der Waals surface area contributed by atoms with E-state index in [-0.39, 0.29) is 12.8 Å². The first-order valence-corrected chi connectivity index (χ1v) is 4.67. The van der Waals surface area contributed by atoms with Gasteiger partial charge in [-0.05, 0) is 24.2 Å². The van der Waals surface area contributed by atoms with E-state index < -0.39 is 18.2 Å². The number of carbonyl (C=O) groups is 1. The third-order valence-electron chi connectivity index (χ3n) is 3.11. The summed E-state index contributed by atoms with van der Waals surface area (Å²) >= 11 is 0. The molecule has 2 aliphatic rings. The second-order valence-corrected chi connectivity index (χ2v) is 4.20. The lowest BCUT2D eigenvalue weighted by molar-refractivity contribution is -0.139. The first-order valence-electron chi connectivity index (χ1n) is 4.67. The Balaban J connectivity index is 1.67. The molecule has 0 aromatic rings. The number of aliphatic hydroxyl groups excluding tert-OH is 2. The number of hydrogen-bond acceptors (Lipinski definition) is 3. The van der Waals surface area contributed by atoms with Gasteiger partial charge >= 0.3 is 5.97 Å². The van der Waals surface area contributed by atoms with Crippen molar-refractivity contribution in [1.82, 2.24) is 0 Å². The smallest absolute Gasteiger partial charge is 0.305 e. The molecule has 74 valence electrons. The summed E-state index contributed by atoms with van der Waals surface area (Å²) in [7, 11) is 0. The van der Waals surface area contributed by atoms with Gasteiger partial charge in [-0.15, -0.1) is 0 Å². The summed E-state index contributed by atoms with van der Waals surface area (Å²) in [6, 6.07) is 0. The van der Waals surface area contributed by atoms with E-state index in [1.165, 1.54) is 6.42 Å². The SMILES string of the molecule is O=C(O)C[C@H](O)C[C@H](O)C1C2CC21. The number of carboxylic acids is 1. The molecule has 3 N–H and O–H groups in total. The third kappa shape index (κ3) is 1.84. The van der Waals surface area contributed by atoms with E-state index in [1.54, 1.807) is 0 Å². The van der Waals surface area contributed by atoms with E-state index >= 15 is 0 Å². The molecule has 0 heterocycles. The minimum atomic E-state index is -1.01. The fourth-order valence-corrected chi connectivity index (χ4v) is 2.12. The highest BCUT2D eigenvalue weighted by atomic mass is 16.4. The third-order valence-corrected chi connectivity index (χ3v) is 3.11. The number of aliphatic carboxylic acids is 1. The molecule has 2 unspecified atom stereocenters. The average molecular weight is 186 g/mol. The van der Waals surface area contributed by atoms with E-state index in [4.69, 9.17) is 5.11 Å². The van der Waals surface area contributed by atoms with Crippen LogP contribution < -0.4 is 0 Å². The Bertz CT molecular complexity index is 220. The molecule has 0 aliphatic heterocycles. The second-order valence-electron chi connectivity index (χ2n) is 4.20. The quantitative estimate of drug-likeness (QED) is 0.557. The van der Waals surface area contributed by atoms with Gasteiger partial charge < -0.3 is 15.3 Å². The van der Waals surface area contributed by atoms with Gasteiger partial charge in [0.1, 0.15) is 0 Å². The Morgan fingerprint density at radius 2 is 2.00 bits per heavy atom. The van der Waals surface area contributed by atoms with Crippen LogP contribution in [-0.4, -0.2) is 33.5 Å². The van der Waals surface area contributed by atoms with E-state index in [0.29, 0.717) is 17.8 Å². The summed E-state index contributed by atoms with van der Waals surface area (Å²) in [4.78, 5) is 10.2. The summed E-state index contributed by atoms with van der Waals surface area (Å²) in [5, 5.41) is 27.1. The molecule has 13 heavy (non-hydrogen) atoms. The van der Waals surface area contributed by atoms with Gasteiger partial charge in [-0.2, -0.15) is 0 Å². The van der Waals surface area contributed by atoms with Crippen LogP contribution in [0.1, 0.15) is 19.3 Å². The molecule has 0 spiro atoms. The van der Waals surface area contributed by atoms with E-state index in [0.717, 1.165) is 0 Å². The van der Waals surface area contributed by atoms with Crippen molar-refractivity contribution in [2.45, 2.75) is 31.5 Å². The zero-order valence-corrected chi connectivity index (χ0v) is 7.26. The van der Waals surface area contributed by atoms with Gasteiger partial charge in [-0.25, -0.2) is 0 Å². The van der Waals surface area contributed by atoms with Crippen LogP contribution in [0.25, 0.3) is 0 Å². The maximum atomic E-state index is 10.2. The van der Waals surface area contributed by atoms with Crippen LogP contribution in [0.5, 0.6) is 0 Å². The van der Waals surface area contributed by atoms with Gasteiger partial charge in [0.2, 0.25) is 0 Å². The van der Waals surface area contributed by atoms with Crippen LogP contribution in [0.15, 0.2) is 0 Å². The van der Waals surface area contributed by atoms with Crippen molar-refractivity contribution in [3.8, 4) is 0 Å². The zero-order valence-electron chi connectivity index (χ0n) is 7.26. The Morgan fingerprint density at radius 3 is 2.38 bits per heavy atom. The Morgan fingerprint density at radius 1 is 1.38 bits per heavy atom. The fourth-order valence-electron chi connectivity index (χ4n) is 2.12. The van der Waals surface area contributed by atoms with Crippen LogP contribution in [0.3, 0.4) is 0 Å². The maximum Gasteiger partial charge on any atom is 0.305 e. The topological polar surface area (TPSA) is 77.8 Å². The van der Waals surface area contributed by atoms with Crippen LogP contribution >= 0.6 is 0 Å². The van der Waals surface area contributed by atoms with Gasteiger partial charge in [-0.3, -0.25) is 4.79 Å². The van der Waals surface area contributed by atoms with Crippen molar-refractivity contribution in [2.24, 2.45) is 17.8 Å². The fraction of sp³-hybridized carbons (Fsp3) is 0.889. The van der Waals surface area contributed by atoms with Crippen LogP contribution in [0.4, 0.5) is 0 Å². The summed E-state index contributed by atoms with van der Waals surface area (Å²) in [5.74, 6) is 0.725. The molecule has 2 aliphatic carbocycles. The molecule has 0 amide bonds. The van der Waals surface area contributed by atoms with Crippen molar-refractivity contribution >= 4 is 5.97 Å². The molecule has 2 fully saturated rings. The van der Waals surface area contributed by atoms with Crippen LogP contribution in [0.2, 0.25) is 0 Å². The molecule has 0 aromatic heterocycles. The standard InChI is InChI=1S/C9H14O4/c10-4(2-8(12)13)1-7(11)9-5-3-6(5)9/h4-7,9-11H,1-3H2,(H,12,13)/t4-,5?,6?,7+,9?/m1/s1. The lowest BCUT2D eigenvalue weighted by Gasteiger charge is -2.16. The van der Waals surface area contributed by atoms with Crippen molar-refractivity contribution in [3.63, 3.8) is 0 Å². The number of rotatable bonds is 5.